The van der Waals surface area contributed by atoms with E-state index < -0.39 is 5.54 Å². The number of nitrogens with zero attached hydrogens (tertiary/aromatic N) is 3. The largest absolute Gasteiger partial charge is 0.343 e. The molecule has 1 N–H and O–H groups in total. The Morgan fingerprint density at radius 1 is 1.24 bits per heavy atom. The highest BCUT2D eigenvalue weighted by molar-refractivity contribution is 7.09. The average molecular weight is 469 g/mol. The second-order valence-corrected chi connectivity index (χ2v) is 10.1. The van der Waals surface area contributed by atoms with Gasteiger partial charge in [-0.05, 0) is 48.8 Å². The lowest BCUT2D eigenvalue weighted by Gasteiger charge is -2.40. The van der Waals surface area contributed by atoms with Crippen molar-refractivity contribution in [1.82, 2.24) is 20.1 Å². The summed E-state index contributed by atoms with van der Waals surface area (Å²) in [6.07, 6.45) is 5.13. The van der Waals surface area contributed by atoms with Crippen molar-refractivity contribution in [1.29, 1.82) is 0 Å². The minimum atomic E-state index is -1.18. The second-order valence-electron chi connectivity index (χ2n) is 9.11. The van der Waals surface area contributed by atoms with Gasteiger partial charge in [-0.1, -0.05) is 32.4 Å². The number of hydrogen-bond acceptors (Lipinski definition) is 5. The molecule has 0 spiro atoms. The Labute approximate surface area is 199 Å². The molecule has 0 bridgehead atoms. The molecule has 2 atom stereocenters. The van der Waals surface area contributed by atoms with Crippen LogP contribution in [0.1, 0.15) is 50.1 Å². The van der Waals surface area contributed by atoms with E-state index >= 15 is 0 Å². The summed E-state index contributed by atoms with van der Waals surface area (Å²) in [6.45, 7) is 5.71. The topological polar surface area (TPSA) is 82.6 Å². The second kappa shape index (κ2) is 10.0. The van der Waals surface area contributed by atoms with Crippen molar-refractivity contribution in [3.63, 3.8) is 0 Å². The molecule has 176 valence electrons. The van der Waals surface area contributed by atoms with Gasteiger partial charge in [0.15, 0.2) is 5.54 Å². The Balaban J connectivity index is 1.53. The quantitative estimate of drug-likeness (QED) is 0.598. The molecule has 0 radical (unpaired) electrons. The number of carbonyl (C=O) groups excluding carboxylic acids is 3. The van der Waals surface area contributed by atoms with Crippen LogP contribution >= 0.6 is 11.3 Å². The van der Waals surface area contributed by atoms with E-state index in [1.807, 2.05) is 40.6 Å². The molecule has 2 aromatic heterocycles. The van der Waals surface area contributed by atoms with Crippen LogP contribution in [0.2, 0.25) is 0 Å². The van der Waals surface area contributed by atoms with Crippen LogP contribution in [-0.2, 0) is 21.5 Å². The Morgan fingerprint density at radius 3 is 2.67 bits per heavy atom. The van der Waals surface area contributed by atoms with E-state index in [1.165, 1.54) is 4.90 Å². The van der Waals surface area contributed by atoms with Gasteiger partial charge in [0.2, 0.25) is 5.91 Å². The summed E-state index contributed by atoms with van der Waals surface area (Å²) in [5, 5.41) is 5.04. The van der Waals surface area contributed by atoms with Crippen molar-refractivity contribution in [3.05, 3.63) is 52.5 Å². The predicted octanol–water partition coefficient (Wildman–Crippen LogP) is 3.81. The molecule has 2 saturated heterocycles. The van der Waals surface area contributed by atoms with Crippen LogP contribution < -0.4 is 5.32 Å². The smallest absolute Gasteiger partial charge is 0.325 e. The number of urea groups is 1. The summed E-state index contributed by atoms with van der Waals surface area (Å²) < 4.78 is 0. The zero-order valence-electron chi connectivity index (χ0n) is 19.3. The third kappa shape index (κ3) is 4.67. The number of nitrogens with one attached hydrogen (secondary N) is 1. The molecule has 2 aliphatic heterocycles. The molecule has 2 aromatic rings. The first-order valence-corrected chi connectivity index (χ1v) is 12.7. The van der Waals surface area contributed by atoms with Gasteiger partial charge in [0.1, 0.15) is 0 Å². The van der Waals surface area contributed by atoms with Gasteiger partial charge >= 0.3 is 6.03 Å². The first-order valence-electron chi connectivity index (χ1n) is 11.8. The number of rotatable bonds is 8. The van der Waals surface area contributed by atoms with Gasteiger partial charge < -0.3 is 10.2 Å². The number of imide groups is 1. The van der Waals surface area contributed by atoms with Crippen LogP contribution in [0.25, 0.3) is 0 Å². The van der Waals surface area contributed by atoms with Gasteiger partial charge in [0.05, 0.1) is 5.69 Å². The molecule has 8 heteroatoms. The van der Waals surface area contributed by atoms with Crippen LogP contribution in [-0.4, -0.2) is 52.3 Å². The van der Waals surface area contributed by atoms with Crippen molar-refractivity contribution in [2.45, 2.75) is 51.5 Å². The summed E-state index contributed by atoms with van der Waals surface area (Å²) in [4.78, 5) is 48.4. The standard InChI is InChI=1S/C25H32N4O3S/c1-3-18(2)17-22(30)28-13-9-19(10-14-28)25(21-8-4-5-12-26-21)23(31)29(24(32)27-25)15-11-20-7-6-16-33-20/h4-8,12,16,18-19H,3,9-11,13-15,17H2,1-2H3,(H,27,32)/t18-,25-/m1/s1. The van der Waals surface area contributed by atoms with Gasteiger partial charge in [-0.25, -0.2) is 4.79 Å². The third-order valence-electron chi connectivity index (χ3n) is 7.04. The summed E-state index contributed by atoms with van der Waals surface area (Å²) in [7, 11) is 0. The summed E-state index contributed by atoms with van der Waals surface area (Å²) in [6, 6.07) is 9.10. The highest BCUT2D eigenvalue weighted by Gasteiger charge is 2.58. The molecule has 0 unspecified atom stereocenters. The number of amides is 4. The fourth-order valence-electron chi connectivity index (χ4n) is 4.86. The molecule has 2 fully saturated rings. The highest BCUT2D eigenvalue weighted by Crippen LogP contribution is 2.40. The molecule has 4 heterocycles. The number of aromatic nitrogens is 1. The highest BCUT2D eigenvalue weighted by atomic mass is 32.1. The Hall–Kier alpha value is -2.74. The molecule has 2 aliphatic rings. The zero-order valence-corrected chi connectivity index (χ0v) is 20.1. The lowest BCUT2D eigenvalue weighted by Crippen LogP contribution is -2.54. The zero-order chi connectivity index (χ0) is 23.4. The van der Waals surface area contributed by atoms with Crippen molar-refractivity contribution in [2.24, 2.45) is 11.8 Å². The van der Waals surface area contributed by atoms with Crippen LogP contribution in [0.15, 0.2) is 41.9 Å². The van der Waals surface area contributed by atoms with Gasteiger partial charge in [-0.2, -0.15) is 0 Å². The van der Waals surface area contributed by atoms with Crippen molar-refractivity contribution in [3.8, 4) is 0 Å². The molecule has 0 aromatic carbocycles. The summed E-state index contributed by atoms with van der Waals surface area (Å²) in [5.41, 5.74) is -0.606. The SMILES string of the molecule is CC[C@@H](C)CC(=O)N1CCC([C@]2(c3ccccn3)NC(=O)N(CCc3cccs3)C2=O)CC1. The van der Waals surface area contributed by atoms with Crippen LogP contribution in [0.5, 0.6) is 0 Å². The Morgan fingerprint density at radius 2 is 2.03 bits per heavy atom. The van der Waals surface area contributed by atoms with E-state index in [0.29, 0.717) is 56.9 Å². The fourth-order valence-corrected chi connectivity index (χ4v) is 5.56. The van der Waals surface area contributed by atoms with E-state index in [4.69, 9.17) is 0 Å². The van der Waals surface area contributed by atoms with E-state index in [9.17, 15) is 14.4 Å². The van der Waals surface area contributed by atoms with Gasteiger partial charge in [0, 0.05) is 43.0 Å². The number of hydrogen-bond donors (Lipinski definition) is 1. The van der Waals surface area contributed by atoms with Crippen LogP contribution in [0.3, 0.4) is 0 Å². The Bertz CT molecular complexity index is 973. The lowest BCUT2D eigenvalue weighted by atomic mass is 9.75. The van der Waals surface area contributed by atoms with E-state index in [2.05, 4.69) is 24.1 Å². The number of carbonyl (C=O) groups is 3. The molecule has 0 aliphatic carbocycles. The van der Waals surface area contributed by atoms with Crippen molar-refractivity contribution < 1.29 is 14.4 Å². The predicted molar refractivity (Wildman–Crippen MR) is 128 cm³/mol. The maximum absolute atomic E-state index is 13.8. The molecular weight excluding hydrogens is 436 g/mol. The van der Waals surface area contributed by atoms with Gasteiger partial charge in [-0.3, -0.25) is 19.5 Å². The number of likely N-dealkylation sites (tertiary alicyclic amines) is 1. The van der Waals surface area contributed by atoms with Crippen LogP contribution in [0, 0.1) is 11.8 Å². The molecule has 4 rings (SSSR count). The molecule has 33 heavy (non-hydrogen) atoms. The minimum Gasteiger partial charge on any atom is -0.343 e. The van der Waals surface area contributed by atoms with E-state index in [-0.39, 0.29) is 23.8 Å². The van der Waals surface area contributed by atoms with Crippen molar-refractivity contribution >= 4 is 29.2 Å². The first-order chi connectivity index (χ1) is 16.0. The monoisotopic (exact) mass is 468 g/mol. The van der Waals surface area contributed by atoms with Crippen LogP contribution in [0.4, 0.5) is 4.79 Å². The number of piperidine rings is 1. The van der Waals surface area contributed by atoms with E-state index in [1.54, 1.807) is 17.5 Å². The molecule has 4 amide bonds. The lowest BCUT2D eigenvalue weighted by molar-refractivity contribution is -0.137. The molecular formula is C25H32N4O3S. The first kappa shape index (κ1) is 23.4. The van der Waals surface area contributed by atoms with Gasteiger partial charge in [0.25, 0.3) is 5.91 Å². The summed E-state index contributed by atoms with van der Waals surface area (Å²) in [5.74, 6) is 0.187. The number of pyridine rings is 1. The number of thiophene rings is 1. The average Bonchev–Trinajstić information content (AvgIpc) is 3.45. The summed E-state index contributed by atoms with van der Waals surface area (Å²) >= 11 is 1.62. The third-order valence-corrected chi connectivity index (χ3v) is 7.98. The van der Waals surface area contributed by atoms with E-state index in [0.717, 1.165) is 11.3 Å². The van der Waals surface area contributed by atoms with Crippen molar-refractivity contribution in [2.75, 3.05) is 19.6 Å². The van der Waals surface area contributed by atoms with Gasteiger partial charge in [-0.15, -0.1) is 11.3 Å². The Kier molecular flexibility index (Phi) is 7.12. The minimum absolute atomic E-state index is 0.122. The maximum Gasteiger partial charge on any atom is 0.325 e. The fraction of sp³-hybridized carbons (Fsp3) is 0.520. The maximum atomic E-state index is 13.8. The molecule has 7 nitrogen and oxygen atoms in total. The molecule has 0 saturated carbocycles. The normalized spacial score (nSPS) is 22.5.